The van der Waals surface area contributed by atoms with Crippen molar-refractivity contribution in [3.8, 4) is 0 Å². The van der Waals surface area contributed by atoms with Crippen molar-refractivity contribution in [3.05, 3.63) is 105 Å². The van der Waals surface area contributed by atoms with Crippen molar-refractivity contribution in [1.82, 2.24) is 5.32 Å². The Labute approximate surface area is 186 Å². The minimum atomic E-state index is -1.17. The molecule has 0 bridgehead atoms. The largest absolute Gasteiger partial charge is 0.384 e. The Morgan fingerprint density at radius 2 is 1.13 bits per heavy atom. The predicted octanol–water partition coefficient (Wildman–Crippen LogP) is 6.68. The van der Waals surface area contributed by atoms with Crippen LogP contribution in [-0.2, 0) is 5.60 Å². The van der Waals surface area contributed by atoms with E-state index >= 15 is 0 Å². The minimum Gasteiger partial charge on any atom is -0.384 e. The van der Waals surface area contributed by atoms with Gasteiger partial charge in [-0.2, -0.15) is 0 Å². The van der Waals surface area contributed by atoms with Gasteiger partial charge in [-0.05, 0) is 53.1 Å². The normalized spacial score (nSPS) is 29.0. The van der Waals surface area contributed by atoms with E-state index < -0.39 is 5.60 Å². The predicted molar refractivity (Wildman–Crippen MR) is 120 cm³/mol. The number of halogens is 3. The first-order valence-electron chi connectivity index (χ1n) is 10.1. The highest BCUT2D eigenvalue weighted by Gasteiger charge is 2.52. The topological polar surface area (TPSA) is 32.3 Å². The molecule has 30 heavy (non-hydrogen) atoms. The molecular weight excluding hydrogens is 420 g/mol. The second kappa shape index (κ2) is 8.32. The van der Waals surface area contributed by atoms with Gasteiger partial charge in [0, 0.05) is 34.0 Å². The number of piperidine rings is 1. The summed E-state index contributed by atoms with van der Waals surface area (Å²) in [6.45, 7) is 4.06. The first kappa shape index (κ1) is 21.3. The van der Waals surface area contributed by atoms with Gasteiger partial charge in [-0.1, -0.05) is 73.4 Å². The SMILES string of the molecule is C[C@H]1[C@@H](c2ccc(Cl)cc2)N[C@@H](c2ccc(Cl)cc2)[C@H](C)C1(O)c1ccc(F)cc1. The summed E-state index contributed by atoms with van der Waals surface area (Å²) in [5.74, 6) is -0.675. The maximum Gasteiger partial charge on any atom is 0.123 e. The summed E-state index contributed by atoms with van der Waals surface area (Å²) in [6.07, 6.45) is 0. The first-order valence-corrected chi connectivity index (χ1v) is 10.8. The van der Waals surface area contributed by atoms with Gasteiger partial charge in [0.05, 0.1) is 5.60 Å². The van der Waals surface area contributed by atoms with E-state index in [0.717, 1.165) is 11.1 Å². The maximum atomic E-state index is 13.6. The lowest BCUT2D eigenvalue weighted by atomic mass is 9.63. The smallest absolute Gasteiger partial charge is 0.123 e. The molecule has 2 N–H and O–H groups in total. The van der Waals surface area contributed by atoms with Crippen LogP contribution in [0.5, 0.6) is 0 Å². The molecule has 2 nitrogen and oxygen atoms in total. The van der Waals surface area contributed by atoms with Crippen LogP contribution in [0.4, 0.5) is 4.39 Å². The first-order chi connectivity index (χ1) is 14.3. The molecule has 156 valence electrons. The molecule has 1 aliphatic rings. The lowest BCUT2D eigenvalue weighted by Gasteiger charge is -2.52. The Morgan fingerprint density at radius 1 is 0.733 bits per heavy atom. The summed E-state index contributed by atoms with van der Waals surface area (Å²) in [5, 5.41) is 17.2. The van der Waals surface area contributed by atoms with Crippen molar-refractivity contribution in [2.45, 2.75) is 31.5 Å². The van der Waals surface area contributed by atoms with E-state index in [1.54, 1.807) is 12.1 Å². The summed E-state index contributed by atoms with van der Waals surface area (Å²) in [5.41, 5.74) is 1.62. The molecule has 1 heterocycles. The molecule has 4 rings (SSSR count). The van der Waals surface area contributed by atoms with E-state index in [1.807, 2.05) is 62.4 Å². The fourth-order valence-electron chi connectivity index (χ4n) is 4.76. The molecule has 0 spiro atoms. The summed E-state index contributed by atoms with van der Waals surface area (Å²) in [6, 6.07) is 21.3. The fraction of sp³-hybridized carbons (Fsp3) is 0.280. The van der Waals surface area contributed by atoms with E-state index in [4.69, 9.17) is 23.2 Å². The zero-order valence-electron chi connectivity index (χ0n) is 16.8. The molecule has 0 aromatic heterocycles. The van der Waals surface area contributed by atoms with Gasteiger partial charge in [0.1, 0.15) is 5.82 Å². The number of nitrogens with one attached hydrogen (secondary N) is 1. The van der Waals surface area contributed by atoms with Gasteiger partial charge in [0.15, 0.2) is 0 Å². The highest BCUT2D eigenvalue weighted by molar-refractivity contribution is 6.30. The van der Waals surface area contributed by atoms with Crippen molar-refractivity contribution in [2.75, 3.05) is 0 Å². The van der Waals surface area contributed by atoms with Crippen LogP contribution in [-0.4, -0.2) is 5.11 Å². The molecule has 1 unspecified atom stereocenters. The monoisotopic (exact) mass is 443 g/mol. The molecule has 1 saturated heterocycles. The van der Waals surface area contributed by atoms with Crippen molar-refractivity contribution < 1.29 is 9.50 Å². The van der Waals surface area contributed by atoms with Crippen LogP contribution in [0.15, 0.2) is 72.8 Å². The standard InChI is InChI=1S/C25H24Cl2FNO/c1-15-23(17-3-9-20(26)10-4-17)29-24(18-5-11-21(27)12-6-18)16(2)25(15,30)19-7-13-22(28)14-8-19/h3-16,23-24,29-30H,1-2H3/t15-,16-,23-,24+,25?/m0/s1. The van der Waals surface area contributed by atoms with Crippen LogP contribution in [0, 0.1) is 17.7 Å². The highest BCUT2D eigenvalue weighted by atomic mass is 35.5. The molecule has 3 aromatic rings. The van der Waals surface area contributed by atoms with E-state index in [1.165, 1.54) is 12.1 Å². The van der Waals surface area contributed by atoms with Gasteiger partial charge in [0.2, 0.25) is 0 Å². The van der Waals surface area contributed by atoms with Gasteiger partial charge in [-0.15, -0.1) is 0 Å². The van der Waals surface area contributed by atoms with Crippen LogP contribution in [0.1, 0.15) is 42.6 Å². The van der Waals surface area contributed by atoms with Crippen molar-refractivity contribution >= 4 is 23.2 Å². The minimum absolute atomic E-state index is 0.130. The second-order valence-electron chi connectivity index (χ2n) is 8.13. The molecular formula is C25H24Cl2FNO. The highest BCUT2D eigenvalue weighted by Crippen LogP contribution is 2.52. The summed E-state index contributed by atoms with van der Waals surface area (Å²) in [7, 11) is 0. The second-order valence-corrected chi connectivity index (χ2v) is 9.01. The van der Waals surface area contributed by atoms with E-state index in [-0.39, 0.29) is 29.7 Å². The Kier molecular flexibility index (Phi) is 5.91. The van der Waals surface area contributed by atoms with Gasteiger partial charge >= 0.3 is 0 Å². The van der Waals surface area contributed by atoms with Crippen LogP contribution < -0.4 is 5.32 Å². The van der Waals surface area contributed by atoms with E-state index in [0.29, 0.717) is 15.6 Å². The van der Waals surface area contributed by atoms with Gasteiger partial charge < -0.3 is 10.4 Å². The van der Waals surface area contributed by atoms with Crippen LogP contribution in [0.25, 0.3) is 0 Å². The molecule has 0 saturated carbocycles. The number of hydrogen-bond acceptors (Lipinski definition) is 2. The lowest BCUT2D eigenvalue weighted by Crippen LogP contribution is -2.55. The Bertz CT molecular complexity index is 947. The molecule has 5 atom stereocenters. The molecule has 1 aliphatic heterocycles. The Balaban J connectivity index is 1.83. The number of benzene rings is 3. The third-order valence-corrected chi connectivity index (χ3v) is 7.02. The van der Waals surface area contributed by atoms with Crippen molar-refractivity contribution in [3.63, 3.8) is 0 Å². The molecule has 0 aliphatic carbocycles. The van der Waals surface area contributed by atoms with Gasteiger partial charge in [-0.25, -0.2) is 4.39 Å². The van der Waals surface area contributed by atoms with E-state index in [2.05, 4.69) is 5.32 Å². The lowest BCUT2D eigenvalue weighted by molar-refractivity contribution is -0.118. The maximum absolute atomic E-state index is 13.6. The molecule has 1 fully saturated rings. The number of aliphatic hydroxyl groups is 1. The molecule has 5 heteroatoms. The zero-order valence-corrected chi connectivity index (χ0v) is 18.3. The molecule has 3 aromatic carbocycles. The average molecular weight is 444 g/mol. The van der Waals surface area contributed by atoms with Crippen molar-refractivity contribution in [1.29, 1.82) is 0 Å². The Morgan fingerprint density at radius 3 is 1.53 bits per heavy atom. The van der Waals surface area contributed by atoms with Gasteiger partial charge in [-0.3, -0.25) is 0 Å². The van der Waals surface area contributed by atoms with Crippen LogP contribution in [0.2, 0.25) is 10.0 Å². The fourth-order valence-corrected chi connectivity index (χ4v) is 5.01. The number of rotatable bonds is 3. The summed E-state index contributed by atoms with van der Waals surface area (Å²) < 4.78 is 13.6. The third-order valence-electron chi connectivity index (χ3n) is 6.51. The average Bonchev–Trinajstić information content (AvgIpc) is 2.74. The Hall–Kier alpha value is -1.91. The molecule has 0 radical (unpaired) electrons. The van der Waals surface area contributed by atoms with Crippen molar-refractivity contribution in [2.24, 2.45) is 11.8 Å². The van der Waals surface area contributed by atoms with E-state index in [9.17, 15) is 9.50 Å². The summed E-state index contributed by atoms with van der Waals surface area (Å²) >= 11 is 12.2. The van der Waals surface area contributed by atoms with Crippen LogP contribution in [0.3, 0.4) is 0 Å². The summed E-state index contributed by atoms with van der Waals surface area (Å²) in [4.78, 5) is 0. The zero-order chi connectivity index (χ0) is 21.5. The number of hydrogen-bond donors (Lipinski definition) is 2. The quantitative estimate of drug-likeness (QED) is 0.473. The van der Waals surface area contributed by atoms with Crippen LogP contribution >= 0.6 is 23.2 Å². The molecule has 0 amide bonds. The van der Waals surface area contributed by atoms with Gasteiger partial charge in [0.25, 0.3) is 0 Å². The third kappa shape index (κ3) is 3.76.